The number of aromatic nitrogens is 2. The molecule has 1 amide bonds. The molecule has 0 bridgehead atoms. The van der Waals surface area contributed by atoms with E-state index in [1.54, 1.807) is 18.2 Å². The summed E-state index contributed by atoms with van der Waals surface area (Å²) in [5.74, 6) is 1.33. The minimum Gasteiger partial charge on any atom is -0.504 e. The van der Waals surface area contributed by atoms with Crippen LogP contribution in [-0.2, 0) is 0 Å². The summed E-state index contributed by atoms with van der Waals surface area (Å²) in [4.78, 5) is 20.5. The molecule has 1 aliphatic rings. The van der Waals surface area contributed by atoms with E-state index >= 15 is 0 Å². The molecule has 0 unspecified atom stereocenters. The minimum absolute atomic E-state index is 0.0215. The van der Waals surface area contributed by atoms with Gasteiger partial charge in [-0.1, -0.05) is 0 Å². The standard InChI is InChI=1S/C17H20N4O5/c1-25-14-3-2-11(8-13(14)22)20-15-9-16(19-10-18-15)26-12-4-6-21(7-5-12)17(23)24/h2-3,8-10,12,22H,4-7H2,1H3,(H,23,24)(H,18,19,20). The molecular weight excluding hydrogens is 340 g/mol. The second-order valence-electron chi connectivity index (χ2n) is 5.84. The number of piperidine rings is 1. The fourth-order valence-corrected chi connectivity index (χ4v) is 2.72. The van der Waals surface area contributed by atoms with Gasteiger partial charge in [-0.05, 0) is 12.1 Å². The van der Waals surface area contributed by atoms with E-state index in [1.807, 2.05) is 0 Å². The third kappa shape index (κ3) is 4.24. The van der Waals surface area contributed by atoms with Crippen LogP contribution in [0.2, 0.25) is 0 Å². The van der Waals surface area contributed by atoms with Crippen molar-refractivity contribution in [2.75, 3.05) is 25.5 Å². The van der Waals surface area contributed by atoms with E-state index in [1.165, 1.54) is 24.4 Å². The van der Waals surface area contributed by atoms with E-state index in [2.05, 4.69) is 15.3 Å². The van der Waals surface area contributed by atoms with Crippen molar-refractivity contribution in [1.29, 1.82) is 0 Å². The van der Waals surface area contributed by atoms with E-state index in [0.717, 1.165) is 0 Å². The highest BCUT2D eigenvalue weighted by Gasteiger charge is 2.23. The fraction of sp³-hybridized carbons (Fsp3) is 0.353. The molecule has 2 heterocycles. The Bertz CT molecular complexity index is 777. The maximum atomic E-state index is 10.9. The summed E-state index contributed by atoms with van der Waals surface area (Å²) in [6.07, 6.45) is 1.63. The Morgan fingerprint density at radius 3 is 2.69 bits per heavy atom. The lowest BCUT2D eigenvalue weighted by atomic mass is 10.1. The van der Waals surface area contributed by atoms with Gasteiger partial charge in [0.1, 0.15) is 18.2 Å². The summed E-state index contributed by atoms with van der Waals surface area (Å²) >= 11 is 0. The Labute approximate surface area is 150 Å². The molecule has 0 radical (unpaired) electrons. The third-order valence-corrected chi connectivity index (χ3v) is 4.09. The second-order valence-corrected chi connectivity index (χ2v) is 5.84. The van der Waals surface area contributed by atoms with Gasteiger partial charge < -0.3 is 29.9 Å². The van der Waals surface area contributed by atoms with Crippen molar-refractivity contribution in [2.24, 2.45) is 0 Å². The number of ether oxygens (including phenoxy) is 2. The van der Waals surface area contributed by atoms with E-state index in [9.17, 15) is 9.90 Å². The Morgan fingerprint density at radius 2 is 2.04 bits per heavy atom. The number of carboxylic acid groups (broad SMARTS) is 1. The predicted octanol–water partition coefficient (Wildman–Crippen LogP) is 2.46. The highest BCUT2D eigenvalue weighted by Crippen LogP contribution is 2.30. The summed E-state index contributed by atoms with van der Waals surface area (Å²) in [6, 6.07) is 6.59. The molecule has 1 aliphatic heterocycles. The SMILES string of the molecule is COc1ccc(Nc2cc(OC3CCN(C(=O)O)CC3)ncn2)cc1O. The largest absolute Gasteiger partial charge is 0.504 e. The normalized spacial score (nSPS) is 14.7. The highest BCUT2D eigenvalue weighted by molar-refractivity contribution is 5.65. The lowest BCUT2D eigenvalue weighted by Crippen LogP contribution is -2.41. The smallest absolute Gasteiger partial charge is 0.407 e. The summed E-state index contributed by atoms with van der Waals surface area (Å²) in [6.45, 7) is 0.891. The molecule has 9 heteroatoms. The van der Waals surface area contributed by atoms with Crippen molar-refractivity contribution in [3.8, 4) is 17.4 Å². The molecule has 1 aromatic heterocycles. The molecule has 138 valence electrons. The maximum Gasteiger partial charge on any atom is 0.407 e. The van der Waals surface area contributed by atoms with Gasteiger partial charge >= 0.3 is 6.09 Å². The molecule has 1 aromatic carbocycles. The molecule has 0 aliphatic carbocycles. The van der Waals surface area contributed by atoms with Crippen LogP contribution in [0.5, 0.6) is 17.4 Å². The number of nitrogens with zero attached hydrogens (tertiary/aromatic N) is 3. The van der Waals surface area contributed by atoms with Crippen LogP contribution < -0.4 is 14.8 Å². The van der Waals surface area contributed by atoms with Crippen molar-refractivity contribution >= 4 is 17.6 Å². The highest BCUT2D eigenvalue weighted by atomic mass is 16.5. The van der Waals surface area contributed by atoms with Crippen molar-refractivity contribution in [3.63, 3.8) is 0 Å². The summed E-state index contributed by atoms with van der Waals surface area (Å²) < 4.78 is 10.9. The van der Waals surface area contributed by atoms with Gasteiger partial charge in [-0.3, -0.25) is 0 Å². The minimum atomic E-state index is -0.903. The van der Waals surface area contributed by atoms with Gasteiger partial charge in [0.25, 0.3) is 0 Å². The van der Waals surface area contributed by atoms with Crippen molar-refractivity contribution in [1.82, 2.24) is 14.9 Å². The van der Waals surface area contributed by atoms with Crippen LogP contribution >= 0.6 is 0 Å². The molecule has 26 heavy (non-hydrogen) atoms. The van der Waals surface area contributed by atoms with Crippen molar-refractivity contribution in [2.45, 2.75) is 18.9 Å². The lowest BCUT2D eigenvalue weighted by molar-refractivity contribution is 0.0870. The number of amides is 1. The Balaban J connectivity index is 1.62. The molecule has 1 saturated heterocycles. The van der Waals surface area contributed by atoms with E-state index in [-0.39, 0.29) is 11.9 Å². The average Bonchev–Trinajstić information content (AvgIpc) is 2.63. The topological polar surface area (TPSA) is 117 Å². The first-order valence-electron chi connectivity index (χ1n) is 8.16. The number of aromatic hydroxyl groups is 1. The van der Waals surface area contributed by atoms with Crippen LogP contribution in [-0.4, -0.2) is 57.5 Å². The maximum absolute atomic E-state index is 10.9. The third-order valence-electron chi connectivity index (χ3n) is 4.09. The number of rotatable bonds is 5. The molecule has 3 N–H and O–H groups in total. The molecule has 1 fully saturated rings. The Morgan fingerprint density at radius 1 is 1.27 bits per heavy atom. The lowest BCUT2D eigenvalue weighted by Gasteiger charge is -2.29. The average molecular weight is 360 g/mol. The van der Waals surface area contributed by atoms with E-state index < -0.39 is 6.09 Å². The first kappa shape index (κ1) is 17.6. The van der Waals surface area contributed by atoms with Gasteiger partial charge in [0.05, 0.1) is 7.11 Å². The number of phenols is 1. The zero-order valence-electron chi connectivity index (χ0n) is 14.3. The summed E-state index contributed by atoms with van der Waals surface area (Å²) in [7, 11) is 1.48. The van der Waals surface area contributed by atoms with Gasteiger partial charge in [-0.15, -0.1) is 0 Å². The molecule has 0 saturated carbocycles. The molecule has 2 aromatic rings. The fourth-order valence-electron chi connectivity index (χ4n) is 2.72. The number of benzene rings is 1. The Kier molecular flexibility index (Phi) is 5.26. The first-order valence-corrected chi connectivity index (χ1v) is 8.16. The molecule has 3 rings (SSSR count). The second kappa shape index (κ2) is 7.77. The number of hydrogen-bond donors (Lipinski definition) is 3. The van der Waals surface area contributed by atoms with Crippen LogP contribution in [0.4, 0.5) is 16.3 Å². The van der Waals surface area contributed by atoms with Crippen LogP contribution in [0.25, 0.3) is 0 Å². The number of nitrogens with one attached hydrogen (secondary N) is 1. The number of methoxy groups -OCH3 is 1. The zero-order chi connectivity index (χ0) is 18.5. The number of phenolic OH excluding ortho intramolecular Hbond substituents is 1. The Hall–Kier alpha value is -3.23. The number of likely N-dealkylation sites (tertiary alicyclic amines) is 1. The number of hydrogen-bond acceptors (Lipinski definition) is 7. The molecule has 0 atom stereocenters. The predicted molar refractivity (Wildman–Crippen MR) is 93.2 cm³/mol. The van der Waals surface area contributed by atoms with Crippen LogP contribution in [0.1, 0.15) is 12.8 Å². The molecule has 9 nitrogen and oxygen atoms in total. The quantitative estimate of drug-likeness (QED) is 0.744. The van der Waals surface area contributed by atoms with Gasteiger partial charge in [-0.2, -0.15) is 0 Å². The van der Waals surface area contributed by atoms with E-state index in [4.69, 9.17) is 14.6 Å². The number of anilines is 2. The van der Waals surface area contributed by atoms with Crippen LogP contribution in [0.3, 0.4) is 0 Å². The summed E-state index contributed by atoms with van der Waals surface area (Å²) in [5, 5.41) is 21.9. The molecule has 0 spiro atoms. The van der Waals surface area contributed by atoms with Crippen molar-refractivity contribution in [3.05, 3.63) is 30.6 Å². The van der Waals surface area contributed by atoms with Gasteiger partial charge in [-0.25, -0.2) is 14.8 Å². The van der Waals surface area contributed by atoms with E-state index in [0.29, 0.717) is 49.1 Å². The first-order chi connectivity index (χ1) is 12.5. The van der Waals surface area contributed by atoms with Gasteiger partial charge in [0, 0.05) is 43.8 Å². The van der Waals surface area contributed by atoms with Crippen molar-refractivity contribution < 1.29 is 24.5 Å². The van der Waals surface area contributed by atoms with Gasteiger partial charge in [0.2, 0.25) is 5.88 Å². The van der Waals surface area contributed by atoms with Crippen LogP contribution in [0.15, 0.2) is 30.6 Å². The zero-order valence-corrected chi connectivity index (χ0v) is 14.3. The summed E-state index contributed by atoms with van der Waals surface area (Å²) in [5.41, 5.74) is 0.641. The number of carbonyl (C=O) groups is 1. The van der Waals surface area contributed by atoms with Gasteiger partial charge in [0.15, 0.2) is 11.5 Å². The molecular formula is C17H20N4O5. The monoisotopic (exact) mass is 360 g/mol. The van der Waals surface area contributed by atoms with Crippen LogP contribution in [0, 0.1) is 0 Å².